The lowest BCUT2D eigenvalue weighted by Crippen LogP contribution is -2.32. The Morgan fingerprint density at radius 1 is 1.24 bits per heavy atom. The van der Waals surface area contributed by atoms with E-state index >= 15 is 0 Å². The largest absolute Gasteiger partial charge is 0.490 e. The molecule has 7 nitrogen and oxygen atoms in total. The van der Waals surface area contributed by atoms with Gasteiger partial charge in [-0.25, -0.2) is 13.9 Å². The second-order valence-corrected chi connectivity index (χ2v) is 7.65. The van der Waals surface area contributed by atoms with Gasteiger partial charge in [0.25, 0.3) is 5.91 Å². The summed E-state index contributed by atoms with van der Waals surface area (Å²) in [6, 6.07) is 6.17. The summed E-state index contributed by atoms with van der Waals surface area (Å²) < 4.78 is 21.9. The molecule has 4 heterocycles. The van der Waals surface area contributed by atoms with Crippen LogP contribution in [-0.4, -0.2) is 44.6 Å². The SMILES string of the molecule is C[C@H]1Nc2ccn3ncc(c3n2)C(=O)N2CCC[C@H](CC2)Oc2ccc(F)cc21. The number of hydrogen-bond donors (Lipinski definition) is 1. The van der Waals surface area contributed by atoms with Crippen molar-refractivity contribution in [1.29, 1.82) is 0 Å². The molecule has 1 saturated heterocycles. The molecule has 1 N–H and O–H groups in total. The van der Waals surface area contributed by atoms with Gasteiger partial charge in [0.05, 0.1) is 12.2 Å². The molecule has 2 aliphatic heterocycles. The lowest BCUT2D eigenvalue weighted by molar-refractivity contribution is 0.0757. The molecule has 2 atom stereocenters. The Labute approximate surface area is 167 Å². The predicted octanol–water partition coefficient (Wildman–Crippen LogP) is 3.43. The summed E-state index contributed by atoms with van der Waals surface area (Å²) in [5.41, 5.74) is 1.75. The van der Waals surface area contributed by atoms with E-state index in [9.17, 15) is 9.18 Å². The molecule has 4 bridgehead atoms. The number of carbonyl (C=O) groups is 1. The lowest BCUT2D eigenvalue weighted by atomic mass is 10.1. The molecule has 2 aromatic heterocycles. The van der Waals surface area contributed by atoms with Gasteiger partial charge in [-0.3, -0.25) is 4.79 Å². The molecule has 3 aromatic rings. The lowest BCUT2D eigenvalue weighted by Gasteiger charge is -2.24. The van der Waals surface area contributed by atoms with Crippen LogP contribution in [0.4, 0.5) is 10.2 Å². The third kappa shape index (κ3) is 3.28. The van der Waals surface area contributed by atoms with E-state index in [1.165, 1.54) is 12.1 Å². The highest BCUT2D eigenvalue weighted by atomic mass is 19.1. The normalized spacial score (nSPS) is 22.0. The maximum Gasteiger partial charge on any atom is 0.259 e. The van der Waals surface area contributed by atoms with Crippen LogP contribution in [0, 0.1) is 5.82 Å². The topological polar surface area (TPSA) is 71.8 Å². The Morgan fingerprint density at radius 2 is 2.14 bits per heavy atom. The number of nitrogens with one attached hydrogen (secondary N) is 1. The number of hydrogen-bond acceptors (Lipinski definition) is 5. The van der Waals surface area contributed by atoms with Crippen molar-refractivity contribution in [2.75, 3.05) is 18.4 Å². The monoisotopic (exact) mass is 395 g/mol. The fraction of sp³-hybridized carbons (Fsp3) is 0.381. The van der Waals surface area contributed by atoms with Crippen molar-refractivity contribution in [1.82, 2.24) is 19.5 Å². The van der Waals surface area contributed by atoms with Gasteiger partial charge in [0.1, 0.15) is 29.1 Å². The number of amides is 1. The van der Waals surface area contributed by atoms with Crippen LogP contribution in [0.5, 0.6) is 5.75 Å². The molecular weight excluding hydrogens is 373 g/mol. The summed E-state index contributed by atoms with van der Waals surface area (Å²) in [5.74, 6) is 0.892. The fourth-order valence-electron chi connectivity index (χ4n) is 4.10. The fourth-order valence-corrected chi connectivity index (χ4v) is 4.10. The van der Waals surface area contributed by atoms with Crippen LogP contribution in [0.25, 0.3) is 5.65 Å². The van der Waals surface area contributed by atoms with Gasteiger partial charge in [0.15, 0.2) is 5.65 Å². The van der Waals surface area contributed by atoms with Crippen molar-refractivity contribution in [3.05, 3.63) is 53.6 Å². The number of benzene rings is 1. The first kappa shape index (κ1) is 17.9. The second-order valence-electron chi connectivity index (χ2n) is 7.65. The Hall–Kier alpha value is -3.16. The van der Waals surface area contributed by atoms with E-state index in [1.807, 2.05) is 11.8 Å². The van der Waals surface area contributed by atoms with E-state index in [4.69, 9.17) is 4.74 Å². The third-order valence-electron chi connectivity index (χ3n) is 5.66. The zero-order valence-electron chi connectivity index (χ0n) is 16.1. The molecule has 5 rings (SSSR count). The van der Waals surface area contributed by atoms with E-state index in [-0.39, 0.29) is 23.9 Å². The summed E-state index contributed by atoms with van der Waals surface area (Å²) in [6.07, 6.45) is 5.74. The second kappa shape index (κ2) is 7.02. The van der Waals surface area contributed by atoms with Gasteiger partial charge in [-0.2, -0.15) is 5.10 Å². The number of aromatic nitrogens is 3. The molecule has 0 spiro atoms. The van der Waals surface area contributed by atoms with Gasteiger partial charge in [0.2, 0.25) is 0 Å². The van der Waals surface area contributed by atoms with Crippen LogP contribution < -0.4 is 10.1 Å². The maximum absolute atomic E-state index is 14.0. The standard InChI is InChI=1S/C21H22FN5O2/c1-13-16-11-14(22)4-5-18(16)29-15-3-2-8-26(9-6-15)21(28)17-12-23-27-10-7-19(24-13)25-20(17)27/h4-5,7,10-13,15H,2-3,6,8-9H2,1H3,(H,24,25)/t13-,15-/m1/s1. The summed E-state index contributed by atoms with van der Waals surface area (Å²) in [6.45, 7) is 3.21. The van der Waals surface area contributed by atoms with E-state index in [1.54, 1.807) is 29.0 Å². The molecule has 8 heteroatoms. The minimum absolute atomic E-state index is 0.0183. The van der Waals surface area contributed by atoms with Gasteiger partial charge in [-0.15, -0.1) is 0 Å². The van der Waals surface area contributed by atoms with Gasteiger partial charge in [-0.05, 0) is 44.0 Å². The van der Waals surface area contributed by atoms with Crippen molar-refractivity contribution in [2.24, 2.45) is 0 Å². The number of ether oxygens (including phenoxy) is 1. The van der Waals surface area contributed by atoms with Gasteiger partial charge in [0, 0.05) is 31.3 Å². The van der Waals surface area contributed by atoms with Crippen molar-refractivity contribution < 1.29 is 13.9 Å². The summed E-state index contributed by atoms with van der Waals surface area (Å²) in [5, 5.41) is 7.58. The number of nitrogens with zero attached hydrogens (tertiary/aromatic N) is 4. The Kier molecular flexibility index (Phi) is 4.34. The highest BCUT2D eigenvalue weighted by Crippen LogP contribution is 2.31. The van der Waals surface area contributed by atoms with Crippen LogP contribution in [0.3, 0.4) is 0 Å². The first-order chi connectivity index (χ1) is 14.1. The summed E-state index contributed by atoms with van der Waals surface area (Å²) in [7, 11) is 0. The summed E-state index contributed by atoms with van der Waals surface area (Å²) >= 11 is 0. The number of anilines is 1. The number of carbonyl (C=O) groups excluding carboxylic acids is 1. The zero-order valence-corrected chi connectivity index (χ0v) is 16.1. The maximum atomic E-state index is 14.0. The quantitative estimate of drug-likeness (QED) is 0.631. The number of fused-ring (bicyclic) bond motifs is 5. The molecule has 1 fully saturated rings. The minimum Gasteiger partial charge on any atom is -0.490 e. The van der Waals surface area contributed by atoms with Gasteiger partial charge >= 0.3 is 0 Å². The molecule has 2 aliphatic rings. The van der Waals surface area contributed by atoms with E-state index in [2.05, 4.69) is 15.4 Å². The van der Waals surface area contributed by atoms with Crippen LogP contribution >= 0.6 is 0 Å². The zero-order chi connectivity index (χ0) is 20.0. The molecular formula is C21H22FN5O2. The molecule has 1 amide bonds. The van der Waals surface area contributed by atoms with Crippen molar-refractivity contribution in [3.8, 4) is 5.75 Å². The van der Waals surface area contributed by atoms with Crippen molar-refractivity contribution in [2.45, 2.75) is 38.3 Å². The molecule has 1 aromatic carbocycles. The summed E-state index contributed by atoms with van der Waals surface area (Å²) in [4.78, 5) is 19.6. The van der Waals surface area contributed by atoms with Crippen LogP contribution in [0.2, 0.25) is 0 Å². The van der Waals surface area contributed by atoms with E-state index in [0.29, 0.717) is 35.9 Å². The van der Waals surface area contributed by atoms with Crippen LogP contribution in [-0.2, 0) is 0 Å². The number of halogens is 1. The van der Waals surface area contributed by atoms with Gasteiger partial charge in [-0.1, -0.05) is 0 Å². The average molecular weight is 395 g/mol. The number of rotatable bonds is 0. The highest BCUT2D eigenvalue weighted by molar-refractivity contribution is 5.99. The minimum atomic E-state index is -0.304. The third-order valence-corrected chi connectivity index (χ3v) is 5.66. The van der Waals surface area contributed by atoms with Crippen LogP contribution in [0.15, 0.2) is 36.7 Å². The predicted molar refractivity (Wildman–Crippen MR) is 106 cm³/mol. The Bertz CT molecular complexity index is 1080. The molecule has 0 unspecified atom stereocenters. The van der Waals surface area contributed by atoms with E-state index in [0.717, 1.165) is 24.8 Å². The Balaban J connectivity index is 1.64. The molecule has 0 aliphatic carbocycles. The molecule has 29 heavy (non-hydrogen) atoms. The smallest absolute Gasteiger partial charge is 0.259 e. The molecule has 0 radical (unpaired) electrons. The highest BCUT2D eigenvalue weighted by Gasteiger charge is 2.27. The van der Waals surface area contributed by atoms with Crippen LogP contribution in [0.1, 0.15) is 48.1 Å². The van der Waals surface area contributed by atoms with Crippen molar-refractivity contribution in [3.63, 3.8) is 0 Å². The Morgan fingerprint density at radius 3 is 3.03 bits per heavy atom. The molecule has 150 valence electrons. The average Bonchev–Trinajstić information content (AvgIpc) is 2.99. The van der Waals surface area contributed by atoms with E-state index < -0.39 is 0 Å². The first-order valence-corrected chi connectivity index (χ1v) is 9.95. The van der Waals surface area contributed by atoms with Gasteiger partial charge < -0.3 is 15.0 Å². The van der Waals surface area contributed by atoms with Crippen molar-refractivity contribution >= 4 is 17.4 Å². The molecule has 0 saturated carbocycles. The first-order valence-electron chi connectivity index (χ1n) is 9.95.